The normalized spacial score (nSPS) is 16.2. The second-order valence-corrected chi connectivity index (χ2v) is 5.52. The lowest BCUT2D eigenvalue weighted by Gasteiger charge is -2.36. The topological polar surface area (TPSA) is 46.2 Å². The molecule has 0 aliphatic rings. The van der Waals surface area contributed by atoms with Crippen molar-refractivity contribution in [2.24, 2.45) is 16.6 Å². The Balaban J connectivity index is 4.22. The zero-order valence-corrected chi connectivity index (χ0v) is 9.02. The number of aliphatic hydroxyl groups is 1. The van der Waals surface area contributed by atoms with Crippen molar-refractivity contribution in [1.82, 2.24) is 0 Å². The quantitative estimate of drug-likeness (QED) is 0.683. The molecule has 74 valence electrons. The van der Waals surface area contributed by atoms with Crippen LogP contribution >= 0.6 is 0 Å². The summed E-state index contributed by atoms with van der Waals surface area (Å²) in [5.74, 6) is 0. The van der Waals surface area contributed by atoms with Crippen molar-refractivity contribution in [3.05, 3.63) is 0 Å². The molecule has 0 heterocycles. The molecule has 3 N–H and O–H groups in total. The fourth-order valence-corrected chi connectivity index (χ4v) is 1.75. The molecule has 0 saturated heterocycles. The molecule has 12 heavy (non-hydrogen) atoms. The average molecular weight is 173 g/mol. The predicted octanol–water partition coefficient (Wildman–Crippen LogP) is 1.77. The van der Waals surface area contributed by atoms with Crippen LogP contribution in [0.3, 0.4) is 0 Å². The fraction of sp³-hybridized carbons (Fsp3) is 1.00. The molecule has 0 aliphatic heterocycles. The van der Waals surface area contributed by atoms with Crippen molar-refractivity contribution in [3.63, 3.8) is 0 Å². The summed E-state index contributed by atoms with van der Waals surface area (Å²) in [7, 11) is 0. The fourth-order valence-electron chi connectivity index (χ4n) is 1.75. The van der Waals surface area contributed by atoms with Crippen molar-refractivity contribution in [2.75, 3.05) is 6.61 Å². The van der Waals surface area contributed by atoms with E-state index in [1.165, 1.54) is 0 Å². The first kappa shape index (κ1) is 11.9. The Morgan fingerprint density at radius 2 is 1.58 bits per heavy atom. The van der Waals surface area contributed by atoms with E-state index in [1.807, 2.05) is 0 Å². The van der Waals surface area contributed by atoms with Gasteiger partial charge in [-0.05, 0) is 17.3 Å². The number of hydrogen-bond acceptors (Lipinski definition) is 2. The van der Waals surface area contributed by atoms with Crippen LogP contribution in [-0.2, 0) is 0 Å². The van der Waals surface area contributed by atoms with Crippen LogP contribution in [0.4, 0.5) is 0 Å². The lowest BCUT2D eigenvalue weighted by molar-refractivity contribution is 0.126. The molecule has 0 bridgehead atoms. The van der Waals surface area contributed by atoms with E-state index in [0.29, 0.717) is 0 Å². The Morgan fingerprint density at radius 1 is 1.17 bits per heavy atom. The minimum Gasteiger partial charge on any atom is -0.395 e. The second kappa shape index (κ2) is 3.75. The van der Waals surface area contributed by atoms with Crippen LogP contribution in [0.5, 0.6) is 0 Å². The SMILES string of the molecule is CC(C)(C)CC(C)(C)[C@@H](N)CO. The zero-order chi connectivity index (χ0) is 9.99. The summed E-state index contributed by atoms with van der Waals surface area (Å²) in [6.07, 6.45) is 1.03. The Morgan fingerprint density at radius 3 is 1.83 bits per heavy atom. The molecule has 2 heteroatoms. The first-order valence-electron chi connectivity index (χ1n) is 4.55. The van der Waals surface area contributed by atoms with Gasteiger partial charge in [0.15, 0.2) is 0 Å². The number of rotatable bonds is 3. The Kier molecular flexibility index (Phi) is 3.73. The van der Waals surface area contributed by atoms with Gasteiger partial charge in [-0.2, -0.15) is 0 Å². The summed E-state index contributed by atoms with van der Waals surface area (Å²) in [6.45, 7) is 10.9. The molecule has 0 radical (unpaired) electrons. The molecule has 0 rings (SSSR count). The van der Waals surface area contributed by atoms with Gasteiger partial charge in [0, 0.05) is 6.04 Å². The van der Waals surface area contributed by atoms with E-state index in [2.05, 4.69) is 34.6 Å². The van der Waals surface area contributed by atoms with E-state index >= 15 is 0 Å². The third kappa shape index (κ3) is 4.07. The summed E-state index contributed by atoms with van der Waals surface area (Å²) in [6, 6.07) is -0.114. The maximum absolute atomic E-state index is 8.94. The van der Waals surface area contributed by atoms with Gasteiger partial charge in [0.05, 0.1) is 6.61 Å². The largest absolute Gasteiger partial charge is 0.395 e. The number of hydrogen-bond donors (Lipinski definition) is 2. The summed E-state index contributed by atoms with van der Waals surface area (Å²) < 4.78 is 0. The molecule has 0 saturated carbocycles. The molecule has 2 nitrogen and oxygen atoms in total. The van der Waals surface area contributed by atoms with Gasteiger partial charge in [-0.3, -0.25) is 0 Å². The van der Waals surface area contributed by atoms with Gasteiger partial charge in [-0.15, -0.1) is 0 Å². The highest BCUT2D eigenvalue weighted by molar-refractivity contribution is 4.84. The van der Waals surface area contributed by atoms with Gasteiger partial charge in [0.25, 0.3) is 0 Å². The van der Waals surface area contributed by atoms with Gasteiger partial charge in [-0.25, -0.2) is 0 Å². The Hall–Kier alpha value is -0.0800. The highest BCUT2D eigenvalue weighted by atomic mass is 16.3. The van der Waals surface area contributed by atoms with Crippen molar-refractivity contribution in [2.45, 2.75) is 47.1 Å². The maximum atomic E-state index is 8.94. The highest BCUT2D eigenvalue weighted by Crippen LogP contribution is 2.34. The van der Waals surface area contributed by atoms with E-state index in [-0.39, 0.29) is 23.5 Å². The third-order valence-corrected chi connectivity index (χ3v) is 2.19. The Bertz CT molecular complexity index is 135. The molecule has 0 amide bonds. The summed E-state index contributed by atoms with van der Waals surface area (Å²) in [4.78, 5) is 0. The van der Waals surface area contributed by atoms with Gasteiger partial charge < -0.3 is 10.8 Å². The molecule has 0 aromatic heterocycles. The standard InChI is InChI=1S/C10H23NO/c1-9(2,3)7-10(4,5)8(11)6-12/h8,12H,6-7,11H2,1-5H3/t8-/m0/s1. The molecule has 1 atom stereocenters. The van der Waals surface area contributed by atoms with Crippen LogP contribution in [0, 0.1) is 10.8 Å². The minimum absolute atomic E-state index is 0.0208. The van der Waals surface area contributed by atoms with E-state index in [9.17, 15) is 0 Å². The van der Waals surface area contributed by atoms with E-state index in [4.69, 9.17) is 10.8 Å². The van der Waals surface area contributed by atoms with E-state index < -0.39 is 0 Å². The van der Waals surface area contributed by atoms with E-state index in [0.717, 1.165) is 6.42 Å². The van der Waals surface area contributed by atoms with Gasteiger partial charge in [0.2, 0.25) is 0 Å². The van der Waals surface area contributed by atoms with Gasteiger partial charge in [-0.1, -0.05) is 34.6 Å². The van der Waals surface area contributed by atoms with Crippen LogP contribution in [0.25, 0.3) is 0 Å². The molecule has 0 unspecified atom stereocenters. The van der Waals surface area contributed by atoms with Crippen LogP contribution in [-0.4, -0.2) is 17.8 Å². The van der Waals surface area contributed by atoms with Crippen LogP contribution < -0.4 is 5.73 Å². The third-order valence-electron chi connectivity index (χ3n) is 2.19. The summed E-state index contributed by atoms with van der Waals surface area (Å²) in [5.41, 5.74) is 6.10. The first-order valence-corrected chi connectivity index (χ1v) is 4.55. The number of nitrogens with two attached hydrogens (primary N) is 1. The van der Waals surface area contributed by atoms with Crippen LogP contribution in [0.1, 0.15) is 41.0 Å². The molecular weight excluding hydrogens is 150 g/mol. The van der Waals surface area contributed by atoms with Crippen molar-refractivity contribution >= 4 is 0 Å². The second-order valence-electron chi connectivity index (χ2n) is 5.52. The first-order chi connectivity index (χ1) is 5.19. The molecule has 0 aromatic carbocycles. The van der Waals surface area contributed by atoms with Gasteiger partial charge in [0.1, 0.15) is 0 Å². The lowest BCUT2D eigenvalue weighted by atomic mass is 9.72. The zero-order valence-electron chi connectivity index (χ0n) is 9.02. The van der Waals surface area contributed by atoms with Crippen LogP contribution in [0.2, 0.25) is 0 Å². The van der Waals surface area contributed by atoms with E-state index in [1.54, 1.807) is 0 Å². The average Bonchev–Trinajstić information content (AvgIpc) is 1.80. The van der Waals surface area contributed by atoms with Gasteiger partial charge >= 0.3 is 0 Å². The highest BCUT2D eigenvalue weighted by Gasteiger charge is 2.30. The lowest BCUT2D eigenvalue weighted by Crippen LogP contribution is -2.42. The van der Waals surface area contributed by atoms with Crippen molar-refractivity contribution < 1.29 is 5.11 Å². The molecular formula is C10H23NO. The Labute approximate surface area is 76.2 Å². The van der Waals surface area contributed by atoms with Crippen LogP contribution in [0.15, 0.2) is 0 Å². The maximum Gasteiger partial charge on any atom is 0.0587 e. The van der Waals surface area contributed by atoms with Crippen molar-refractivity contribution in [1.29, 1.82) is 0 Å². The van der Waals surface area contributed by atoms with Crippen molar-refractivity contribution in [3.8, 4) is 0 Å². The minimum atomic E-state index is -0.114. The summed E-state index contributed by atoms with van der Waals surface area (Å²) >= 11 is 0. The molecule has 0 aliphatic carbocycles. The number of aliphatic hydroxyl groups excluding tert-OH is 1. The molecule has 0 aromatic rings. The molecule has 0 fully saturated rings. The predicted molar refractivity (Wildman–Crippen MR) is 52.9 cm³/mol. The monoisotopic (exact) mass is 173 g/mol. The summed E-state index contributed by atoms with van der Waals surface area (Å²) in [5, 5.41) is 8.94. The smallest absolute Gasteiger partial charge is 0.0587 e. The molecule has 0 spiro atoms.